The van der Waals surface area contributed by atoms with Crippen molar-refractivity contribution in [2.45, 2.75) is 31.8 Å². The zero-order valence-electron chi connectivity index (χ0n) is 20.0. The van der Waals surface area contributed by atoms with Crippen LogP contribution in [0.3, 0.4) is 0 Å². The Morgan fingerprint density at radius 3 is 2.03 bits per heavy atom. The number of amides is 1. The van der Waals surface area contributed by atoms with Crippen molar-refractivity contribution in [1.82, 2.24) is 14.9 Å². The number of nitrogens with zero attached hydrogens (tertiary/aromatic N) is 3. The molecular formula is C27H31N4O2S+. The molecule has 3 aromatic rings. The molecule has 1 fully saturated rings. The highest BCUT2D eigenvalue weighted by molar-refractivity contribution is 8.00. The first-order valence-electron chi connectivity index (χ1n) is 11.6. The summed E-state index contributed by atoms with van der Waals surface area (Å²) in [5.74, 6) is 0.898. The average Bonchev–Trinajstić information content (AvgIpc) is 2.84. The lowest BCUT2D eigenvalue weighted by atomic mass is 9.96. The Bertz CT molecular complexity index is 1110. The van der Waals surface area contributed by atoms with Crippen LogP contribution in [0, 0.1) is 13.8 Å². The van der Waals surface area contributed by atoms with Gasteiger partial charge >= 0.3 is 0 Å². The zero-order chi connectivity index (χ0) is 24.1. The molecule has 0 spiro atoms. The third-order valence-corrected chi connectivity index (χ3v) is 7.25. The minimum Gasteiger partial charge on any atom is -0.331 e. The molecule has 1 aliphatic heterocycles. The van der Waals surface area contributed by atoms with Crippen molar-refractivity contribution < 1.29 is 14.5 Å². The Kier molecular flexibility index (Phi) is 7.75. The first-order valence-corrected chi connectivity index (χ1v) is 12.6. The summed E-state index contributed by atoms with van der Waals surface area (Å²) in [4.78, 5) is 37.2. The van der Waals surface area contributed by atoms with E-state index in [-0.39, 0.29) is 23.5 Å². The summed E-state index contributed by atoms with van der Waals surface area (Å²) in [6, 6.07) is 21.5. The molecule has 0 radical (unpaired) electrons. The summed E-state index contributed by atoms with van der Waals surface area (Å²) in [6.07, 6.45) is 0. The largest absolute Gasteiger partial charge is 0.331 e. The van der Waals surface area contributed by atoms with Crippen molar-refractivity contribution in [2.75, 3.05) is 31.9 Å². The zero-order valence-corrected chi connectivity index (χ0v) is 20.8. The third kappa shape index (κ3) is 5.54. The van der Waals surface area contributed by atoms with Crippen LogP contribution in [-0.4, -0.2) is 58.5 Å². The second-order valence-electron chi connectivity index (χ2n) is 8.67. The normalized spacial score (nSPS) is 14.4. The number of hydrogen-bond acceptors (Lipinski definition) is 5. The van der Waals surface area contributed by atoms with Gasteiger partial charge in [-0.05, 0) is 20.8 Å². The van der Waals surface area contributed by atoms with Gasteiger partial charge in [0.2, 0.25) is 5.91 Å². The number of aryl methyl sites for hydroxylation is 2. The van der Waals surface area contributed by atoms with Crippen molar-refractivity contribution >= 4 is 23.5 Å². The van der Waals surface area contributed by atoms with Crippen LogP contribution in [-0.2, 0) is 4.79 Å². The van der Waals surface area contributed by atoms with Crippen LogP contribution in [0.5, 0.6) is 0 Å². The highest BCUT2D eigenvalue weighted by Gasteiger charge is 2.31. The fourth-order valence-electron chi connectivity index (χ4n) is 4.70. The maximum Gasteiger partial charge on any atom is 0.233 e. The average molecular weight is 476 g/mol. The van der Waals surface area contributed by atoms with Crippen molar-refractivity contribution in [1.29, 1.82) is 0 Å². The van der Waals surface area contributed by atoms with Crippen LogP contribution in [0.1, 0.15) is 46.0 Å². The Hall–Kier alpha value is -3.03. The molecule has 7 heteroatoms. The lowest BCUT2D eigenvalue weighted by Gasteiger charge is -2.37. The molecule has 6 nitrogen and oxygen atoms in total. The molecule has 1 aromatic heterocycles. The van der Waals surface area contributed by atoms with E-state index >= 15 is 0 Å². The lowest BCUT2D eigenvalue weighted by Crippen LogP contribution is -3.15. The highest BCUT2D eigenvalue weighted by atomic mass is 32.2. The Morgan fingerprint density at radius 2 is 1.50 bits per heavy atom. The molecule has 4 rings (SSSR count). The SMILES string of the molecule is CC(=O)c1c(C)nc(C)nc1SCC(=O)N1CC[NH+](C(c2ccccc2)c2ccccc2)CC1. The molecule has 0 bridgehead atoms. The van der Waals surface area contributed by atoms with E-state index in [4.69, 9.17) is 0 Å². The predicted molar refractivity (Wildman–Crippen MR) is 134 cm³/mol. The Labute approximate surface area is 205 Å². The van der Waals surface area contributed by atoms with Gasteiger partial charge in [-0.25, -0.2) is 9.97 Å². The molecule has 1 saturated heterocycles. The Morgan fingerprint density at radius 1 is 0.941 bits per heavy atom. The second-order valence-corrected chi connectivity index (χ2v) is 9.64. The smallest absolute Gasteiger partial charge is 0.233 e. The summed E-state index contributed by atoms with van der Waals surface area (Å²) >= 11 is 1.34. The molecule has 0 aliphatic carbocycles. The van der Waals surface area contributed by atoms with Crippen LogP contribution in [0.15, 0.2) is 65.7 Å². The fourth-order valence-corrected chi connectivity index (χ4v) is 5.77. The molecule has 0 unspecified atom stereocenters. The molecule has 0 atom stereocenters. The first-order chi connectivity index (χ1) is 16.4. The number of carbonyl (C=O) groups is 2. The van der Waals surface area contributed by atoms with Gasteiger partial charge in [0.1, 0.15) is 16.9 Å². The number of rotatable bonds is 7. The van der Waals surface area contributed by atoms with Gasteiger partial charge in [-0.2, -0.15) is 0 Å². The minimum absolute atomic E-state index is 0.0717. The number of quaternary nitrogens is 1. The van der Waals surface area contributed by atoms with Gasteiger partial charge in [-0.15, -0.1) is 0 Å². The molecule has 1 aliphatic rings. The van der Waals surface area contributed by atoms with Crippen LogP contribution < -0.4 is 4.90 Å². The summed E-state index contributed by atoms with van der Waals surface area (Å²) in [5, 5.41) is 0.600. The first kappa shape index (κ1) is 24.1. The molecule has 1 N–H and O–H groups in total. The van der Waals surface area contributed by atoms with Crippen molar-refractivity contribution in [3.63, 3.8) is 0 Å². The topological polar surface area (TPSA) is 67.6 Å². The number of ketones is 1. The van der Waals surface area contributed by atoms with Gasteiger partial charge in [-0.3, -0.25) is 9.59 Å². The van der Waals surface area contributed by atoms with E-state index in [1.807, 2.05) is 24.0 Å². The van der Waals surface area contributed by atoms with E-state index in [1.165, 1.54) is 34.7 Å². The van der Waals surface area contributed by atoms with Gasteiger partial charge in [-0.1, -0.05) is 72.4 Å². The summed E-state index contributed by atoms with van der Waals surface area (Å²) < 4.78 is 0. The van der Waals surface area contributed by atoms with E-state index in [9.17, 15) is 9.59 Å². The maximum absolute atomic E-state index is 13.0. The molecule has 176 valence electrons. The summed E-state index contributed by atoms with van der Waals surface area (Å²) in [6.45, 7) is 8.34. The monoisotopic (exact) mass is 475 g/mol. The van der Waals surface area contributed by atoms with Gasteiger partial charge in [0, 0.05) is 11.1 Å². The van der Waals surface area contributed by atoms with E-state index in [0.717, 1.165) is 13.1 Å². The Balaban J connectivity index is 1.41. The van der Waals surface area contributed by atoms with E-state index < -0.39 is 0 Å². The second kappa shape index (κ2) is 10.9. The van der Waals surface area contributed by atoms with Crippen LogP contribution in [0.2, 0.25) is 0 Å². The third-order valence-electron chi connectivity index (χ3n) is 6.29. The van der Waals surface area contributed by atoms with Crippen LogP contribution >= 0.6 is 11.8 Å². The van der Waals surface area contributed by atoms with E-state index in [0.29, 0.717) is 35.2 Å². The van der Waals surface area contributed by atoms with Gasteiger partial charge in [0.05, 0.1) is 43.2 Å². The number of Topliss-reactive ketones (excluding diaryl/α,β-unsaturated/α-hetero) is 1. The minimum atomic E-state index is -0.0717. The summed E-state index contributed by atoms with van der Waals surface area (Å²) in [5.41, 5.74) is 3.78. The van der Waals surface area contributed by atoms with Gasteiger partial charge in [0.15, 0.2) is 5.78 Å². The summed E-state index contributed by atoms with van der Waals surface area (Å²) in [7, 11) is 0. The van der Waals surface area contributed by atoms with E-state index in [2.05, 4.69) is 58.5 Å². The van der Waals surface area contributed by atoms with Crippen molar-refractivity contribution in [3.8, 4) is 0 Å². The molecule has 1 amide bonds. The van der Waals surface area contributed by atoms with Crippen molar-refractivity contribution in [3.05, 3.63) is 88.9 Å². The molecule has 34 heavy (non-hydrogen) atoms. The predicted octanol–water partition coefficient (Wildman–Crippen LogP) is 2.90. The number of thioether (sulfide) groups is 1. The van der Waals surface area contributed by atoms with E-state index in [1.54, 1.807) is 6.92 Å². The molecule has 2 heterocycles. The number of hydrogen-bond donors (Lipinski definition) is 1. The number of benzene rings is 2. The number of piperazine rings is 1. The fraction of sp³-hybridized carbons (Fsp3) is 0.333. The molecular weight excluding hydrogens is 444 g/mol. The highest BCUT2D eigenvalue weighted by Crippen LogP contribution is 2.24. The molecule has 2 aromatic carbocycles. The number of carbonyl (C=O) groups excluding carboxylic acids is 2. The number of nitrogens with one attached hydrogen (secondary N) is 1. The standard InChI is InChI=1S/C27H30N4O2S/c1-19-25(20(2)32)27(29-21(3)28-19)34-18-24(33)30-14-16-31(17-15-30)26(22-10-6-4-7-11-22)23-12-8-5-9-13-23/h4-13,26H,14-18H2,1-3H3/p+1. The van der Waals surface area contributed by atoms with Crippen molar-refractivity contribution in [2.24, 2.45) is 0 Å². The van der Waals surface area contributed by atoms with Crippen LogP contribution in [0.25, 0.3) is 0 Å². The lowest BCUT2D eigenvalue weighted by molar-refractivity contribution is -0.929. The maximum atomic E-state index is 13.0. The van der Waals surface area contributed by atoms with Crippen LogP contribution in [0.4, 0.5) is 0 Å². The van der Waals surface area contributed by atoms with Gasteiger partial charge in [0.25, 0.3) is 0 Å². The quantitative estimate of drug-likeness (QED) is 0.323. The van der Waals surface area contributed by atoms with Gasteiger partial charge < -0.3 is 9.80 Å². The molecule has 0 saturated carbocycles. The number of aromatic nitrogens is 2.